The van der Waals surface area contributed by atoms with Gasteiger partial charge in [-0.15, -0.1) is 0 Å². The van der Waals surface area contributed by atoms with Gasteiger partial charge in [0.05, 0.1) is 0 Å². The van der Waals surface area contributed by atoms with E-state index in [9.17, 15) is 0 Å². The summed E-state index contributed by atoms with van der Waals surface area (Å²) in [5, 5.41) is 6.00. The SMILES string of the molecule is CCC(Nc1ccc(N)c2ccncc12)C1CCCCC1. The first-order valence-electron chi connectivity index (χ1n) is 8.18. The molecule has 21 heavy (non-hydrogen) atoms. The molecule has 0 aliphatic heterocycles. The lowest BCUT2D eigenvalue weighted by Crippen LogP contribution is -2.30. The fourth-order valence-electron chi connectivity index (χ4n) is 3.63. The molecule has 1 aliphatic carbocycles. The zero-order chi connectivity index (χ0) is 14.7. The van der Waals surface area contributed by atoms with Crippen molar-refractivity contribution in [2.45, 2.75) is 51.5 Å². The maximum atomic E-state index is 6.08. The van der Waals surface area contributed by atoms with E-state index in [0.29, 0.717) is 6.04 Å². The molecule has 0 radical (unpaired) electrons. The highest BCUT2D eigenvalue weighted by Crippen LogP contribution is 2.32. The second kappa shape index (κ2) is 6.33. The third kappa shape index (κ3) is 2.97. The van der Waals surface area contributed by atoms with Crippen molar-refractivity contribution in [2.24, 2.45) is 5.92 Å². The predicted molar refractivity (Wildman–Crippen MR) is 90.4 cm³/mol. The summed E-state index contributed by atoms with van der Waals surface area (Å²) >= 11 is 0. The molecule has 3 rings (SSSR count). The molecule has 112 valence electrons. The number of benzene rings is 1. The number of hydrogen-bond acceptors (Lipinski definition) is 3. The smallest absolute Gasteiger partial charge is 0.0439 e. The average Bonchev–Trinajstić information content (AvgIpc) is 2.55. The topological polar surface area (TPSA) is 50.9 Å². The number of aromatic nitrogens is 1. The van der Waals surface area contributed by atoms with Gasteiger partial charge < -0.3 is 11.1 Å². The molecule has 1 aliphatic rings. The fraction of sp³-hybridized carbons (Fsp3) is 0.500. The van der Waals surface area contributed by atoms with Crippen LogP contribution in [0.2, 0.25) is 0 Å². The highest BCUT2D eigenvalue weighted by Gasteiger charge is 2.22. The minimum atomic E-state index is 0.553. The van der Waals surface area contributed by atoms with Gasteiger partial charge in [0.25, 0.3) is 0 Å². The second-order valence-corrected chi connectivity index (χ2v) is 6.18. The van der Waals surface area contributed by atoms with E-state index in [-0.39, 0.29) is 0 Å². The van der Waals surface area contributed by atoms with Gasteiger partial charge in [-0.2, -0.15) is 0 Å². The van der Waals surface area contributed by atoms with Crippen molar-refractivity contribution >= 4 is 22.1 Å². The number of hydrogen-bond donors (Lipinski definition) is 2. The third-order valence-corrected chi connectivity index (χ3v) is 4.85. The van der Waals surface area contributed by atoms with Crippen LogP contribution >= 0.6 is 0 Å². The third-order valence-electron chi connectivity index (χ3n) is 4.85. The van der Waals surface area contributed by atoms with Gasteiger partial charge in [0, 0.05) is 40.6 Å². The van der Waals surface area contributed by atoms with Gasteiger partial charge in [0.15, 0.2) is 0 Å². The summed E-state index contributed by atoms with van der Waals surface area (Å²) < 4.78 is 0. The molecular formula is C18H25N3. The number of nitrogens with zero attached hydrogens (tertiary/aromatic N) is 1. The highest BCUT2D eigenvalue weighted by atomic mass is 14.9. The summed E-state index contributed by atoms with van der Waals surface area (Å²) in [5.41, 5.74) is 8.07. The number of rotatable bonds is 4. The van der Waals surface area contributed by atoms with Crippen molar-refractivity contribution in [3.63, 3.8) is 0 Å². The van der Waals surface area contributed by atoms with Crippen LogP contribution < -0.4 is 11.1 Å². The molecule has 3 heteroatoms. The van der Waals surface area contributed by atoms with Gasteiger partial charge in [0.1, 0.15) is 0 Å². The van der Waals surface area contributed by atoms with Crippen LogP contribution in [0.15, 0.2) is 30.6 Å². The van der Waals surface area contributed by atoms with Gasteiger partial charge in [0.2, 0.25) is 0 Å². The molecule has 1 atom stereocenters. The number of fused-ring (bicyclic) bond motifs is 1. The Labute approximate surface area is 127 Å². The number of anilines is 2. The average molecular weight is 283 g/mol. The zero-order valence-corrected chi connectivity index (χ0v) is 12.8. The molecule has 0 saturated heterocycles. The Morgan fingerprint density at radius 2 is 2.00 bits per heavy atom. The largest absolute Gasteiger partial charge is 0.398 e. The molecule has 0 spiro atoms. The molecule has 0 bridgehead atoms. The molecule has 3 N–H and O–H groups in total. The first-order valence-corrected chi connectivity index (χ1v) is 8.18. The first-order chi connectivity index (χ1) is 10.3. The Morgan fingerprint density at radius 1 is 1.19 bits per heavy atom. The number of nitrogen functional groups attached to an aromatic ring is 1. The Morgan fingerprint density at radius 3 is 2.76 bits per heavy atom. The number of nitrogens with two attached hydrogens (primary N) is 1. The van der Waals surface area contributed by atoms with E-state index in [1.54, 1.807) is 6.20 Å². The van der Waals surface area contributed by atoms with Crippen LogP contribution in [-0.4, -0.2) is 11.0 Å². The first kappa shape index (κ1) is 14.2. The molecule has 1 heterocycles. The van der Waals surface area contributed by atoms with Crippen LogP contribution in [-0.2, 0) is 0 Å². The fourth-order valence-corrected chi connectivity index (χ4v) is 3.63. The summed E-state index contributed by atoms with van der Waals surface area (Å²) in [6.07, 6.45) is 11.8. The lowest BCUT2D eigenvalue weighted by molar-refractivity contribution is 0.313. The van der Waals surface area contributed by atoms with Crippen LogP contribution in [0.5, 0.6) is 0 Å². The number of pyridine rings is 1. The maximum absolute atomic E-state index is 6.08. The van der Waals surface area contributed by atoms with Crippen molar-refractivity contribution in [1.82, 2.24) is 4.98 Å². The molecule has 1 aromatic heterocycles. The summed E-state index contributed by atoms with van der Waals surface area (Å²) in [4.78, 5) is 4.26. The van der Waals surface area contributed by atoms with Gasteiger partial charge in [-0.3, -0.25) is 4.98 Å². The monoisotopic (exact) mass is 283 g/mol. The van der Waals surface area contributed by atoms with Gasteiger partial charge in [-0.1, -0.05) is 26.2 Å². The quantitative estimate of drug-likeness (QED) is 0.807. The van der Waals surface area contributed by atoms with E-state index < -0.39 is 0 Å². The van der Waals surface area contributed by atoms with E-state index >= 15 is 0 Å². The summed E-state index contributed by atoms with van der Waals surface area (Å²) in [6.45, 7) is 2.28. The highest BCUT2D eigenvalue weighted by molar-refractivity contribution is 6.00. The van der Waals surface area contributed by atoms with Crippen molar-refractivity contribution in [3.05, 3.63) is 30.6 Å². The normalized spacial score (nSPS) is 17.8. The Balaban J connectivity index is 1.87. The minimum Gasteiger partial charge on any atom is -0.398 e. The van der Waals surface area contributed by atoms with Crippen molar-refractivity contribution in [2.75, 3.05) is 11.1 Å². The standard InChI is InChI=1S/C18H25N3/c1-2-17(13-6-4-3-5-7-13)21-18-9-8-16(19)14-10-11-20-12-15(14)18/h8-13,17,21H,2-7,19H2,1H3. The molecule has 1 unspecified atom stereocenters. The second-order valence-electron chi connectivity index (χ2n) is 6.18. The van der Waals surface area contributed by atoms with Gasteiger partial charge in [-0.05, 0) is 43.4 Å². The van der Waals surface area contributed by atoms with E-state index in [2.05, 4.69) is 23.3 Å². The van der Waals surface area contributed by atoms with Crippen LogP contribution in [0.4, 0.5) is 11.4 Å². The van der Waals surface area contributed by atoms with Gasteiger partial charge in [-0.25, -0.2) is 0 Å². The minimum absolute atomic E-state index is 0.553. The molecule has 3 nitrogen and oxygen atoms in total. The molecule has 0 amide bonds. The molecule has 1 aromatic carbocycles. The lowest BCUT2D eigenvalue weighted by atomic mass is 9.83. The maximum Gasteiger partial charge on any atom is 0.0439 e. The van der Waals surface area contributed by atoms with Crippen LogP contribution in [0, 0.1) is 5.92 Å². The Hall–Kier alpha value is -1.77. The molecule has 1 saturated carbocycles. The van der Waals surface area contributed by atoms with Gasteiger partial charge >= 0.3 is 0 Å². The van der Waals surface area contributed by atoms with Crippen LogP contribution in [0.3, 0.4) is 0 Å². The molecule has 1 fully saturated rings. The lowest BCUT2D eigenvalue weighted by Gasteiger charge is -2.31. The van der Waals surface area contributed by atoms with Crippen molar-refractivity contribution < 1.29 is 0 Å². The van der Waals surface area contributed by atoms with E-state index in [4.69, 9.17) is 5.73 Å². The Kier molecular flexibility index (Phi) is 4.28. The predicted octanol–water partition coefficient (Wildman–Crippen LogP) is 4.59. The summed E-state index contributed by atoms with van der Waals surface area (Å²) in [6, 6.07) is 6.65. The van der Waals surface area contributed by atoms with E-state index in [1.807, 2.05) is 18.3 Å². The van der Waals surface area contributed by atoms with Crippen LogP contribution in [0.1, 0.15) is 45.4 Å². The summed E-state index contributed by atoms with van der Waals surface area (Å²) in [7, 11) is 0. The van der Waals surface area contributed by atoms with Crippen LogP contribution in [0.25, 0.3) is 10.8 Å². The van der Waals surface area contributed by atoms with E-state index in [0.717, 1.165) is 28.8 Å². The molecule has 2 aromatic rings. The van der Waals surface area contributed by atoms with Crippen molar-refractivity contribution in [3.8, 4) is 0 Å². The summed E-state index contributed by atoms with van der Waals surface area (Å²) in [5.74, 6) is 0.799. The molecular weight excluding hydrogens is 258 g/mol. The Bertz CT molecular complexity index is 602. The van der Waals surface area contributed by atoms with E-state index in [1.165, 1.54) is 37.8 Å². The van der Waals surface area contributed by atoms with Crippen molar-refractivity contribution in [1.29, 1.82) is 0 Å². The number of nitrogens with one attached hydrogen (secondary N) is 1. The zero-order valence-electron chi connectivity index (χ0n) is 12.8.